The second-order valence-corrected chi connectivity index (χ2v) is 11.3. The predicted molar refractivity (Wildman–Crippen MR) is 132 cm³/mol. The molecule has 10 nitrogen and oxygen atoms in total. The van der Waals surface area contributed by atoms with Gasteiger partial charge in [-0.25, -0.2) is 20.1 Å². The number of halogens is 2. The van der Waals surface area contributed by atoms with Gasteiger partial charge in [0.15, 0.2) is 0 Å². The molecule has 1 fully saturated rings. The zero-order valence-corrected chi connectivity index (χ0v) is 21.2. The van der Waals surface area contributed by atoms with Crippen LogP contribution in [0.1, 0.15) is 51.9 Å². The molecule has 0 aliphatic heterocycles. The lowest BCUT2D eigenvalue weighted by Crippen LogP contribution is -2.22. The number of carbonyl (C=O) groups is 1. The van der Waals surface area contributed by atoms with E-state index in [0.29, 0.717) is 28.4 Å². The molecule has 3 aromatic rings. The molecule has 0 amide bonds. The number of aromatic nitrogens is 3. The van der Waals surface area contributed by atoms with Crippen LogP contribution in [0.5, 0.6) is 0 Å². The predicted octanol–water partition coefficient (Wildman–Crippen LogP) is 3.35. The molecule has 4 rings (SSSR count). The fraction of sp³-hybridized carbons (Fsp3) is 0.333. The van der Waals surface area contributed by atoms with E-state index in [1.54, 1.807) is 18.2 Å². The van der Waals surface area contributed by atoms with Crippen molar-refractivity contribution in [3.63, 3.8) is 0 Å². The van der Waals surface area contributed by atoms with Crippen LogP contribution in [0.3, 0.4) is 0 Å². The summed E-state index contributed by atoms with van der Waals surface area (Å²) in [6.07, 6.45) is 3.69. The number of nitrogens with zero attached hydrogens (tertiary/aromatic N) is 3. The van der Waals surface area contributed by atoms with Gasteiger partial charge in [0, 0.05) is 17.8 Å². The van der Waals surface area contributed by atoms with Crippen molar-refractivity contribution >= 4 is 56.4 Å². The van der Waals surface area contributed by atoms with Crippen LogP contribution in [0.15, 0.2) is 36.8 Å². The molecule has 3 aromatic heterocycles. The molecular formula is C21H21Cl2N5O5S2. The summed E-state index contributed by atoms with van der Waals surface area (Å²) in [5.74, 6) is 0.00261. The van der Waals surface area contributed by atoms with Gasteiger partial charge < -0.3 is 10.4 Å². The fourth-order valence-electron chi connectivity index (χ4n) is 3.90. The topological polar surface area (TPSA) is 157 Å². The number of anilines is 1. The Labute approximate surface area is 215 Å². The minimum absolute atomic E-state index is 0.00654. The summed E-state index contributed by atoms with van der Waals surface area (Å²) in [5.41, 5.74) is 0.898. The highest BCUT2D eigenvalue weighted by Gasteiger charge is 2.28. The second-order valence-electron chi connectivity index (χ2n) is 8.04. The van der Waals surface area contributed by atoms with Gasteiger partial charge in [0.25, 0.3) is 0 Å². The normalized spacial score (nSPS) is 19.0. The summed E-state index contributed by atoms with van der Waals surface area (Å²) in [4.78, 5) is 25.9. The van der Waals surface area contributed by atoms with Crippen LogP contribution in [0, 0.1) is 5.92 Å². The number of carbonyl (C=O) groups excluding carboxylic acids is 1. The lowest BCUT2D eigenvalue weighted by atomic mass is 10.1. The average molecular weight is 558 g/mol. The van der Waals surface area contributed by atoms with E-state index in [1.165, 1.54) is 18.6 Å². The van der Waals surface area contributed by atoms with Crippen molar-refractivity contribution in [2.24, 2.45) is 11.1 Å². The summed E-state index contributed by atoms with van der Waals surface area (Å²) in [7, 11) is -3.99. The Bertz CT molecular complexity index is 1340. The number of nitrogens with two attached hydrogens (primary N) is 1. The molecule has 0 saturated heterocycles. The van der Waals surface area contributed by atoms with Gasteiger partial charge in [-0.15, -0.1) is 11.3 Å². The summed E-state index contributed by atoms with van der Waals surface area (Å²) >= 11 is 13.3. The highest BCUT2D eigenvalue weighted by Crippen LogP contribution is 2.37. The lowest BCUT2D eigenvalue weighted by molar-refractivity contribution is 0.104. The molecule has 4 N–H and O–H groups in total. The Morgan fingerprint density at radius 1 is 1.34 bits per heavy atom. The minimum Gasteiger partial charge on any atom is -0.382 e. The Morgan fingerprint density at radius 2 is 2.14 bits per heavy atom. The van der Waals surface area contributed by atoms with Gasteiger partial charge in [0.05, 0.1) is 27.1 Å². The molecule has 1 unspecified atom stereocenters. The van der Waals surface area contributed by atoms with E-state index in [-0.39, 0.29) is 39.4 Å². The Balaban J connectivity index is 1.49. The molecule has 186 valence electrons. The lowest BCUT2D eigenvalue weighted by Gasteiger charge is -2.15. The molecule has 1 aliphatic rings. The number of ketones is 1. The number of rotatable bonds is 9. The molecule has 0 radical (unpaired) electrons. The van der Waals surface area contributed by atoms with E-state index in [2.05, 4.69) is 20.3 Å². The van der Waals surface area contributed by atoms with Crippen molar-refractivity contribution in [3.05, 3.63) is 68.0 Å². The van der Waals surface area contributed by atoms with Gasteiger partial charge in [-0.05, 0) is 43.4 Å². The molecule has 0 spiro atoms. The third-order valence-corrected chi connectivity index (χ3v) is 7.62. The minimum atomic E-state index is -3.99. The number of pyridine rings is 1. The third kappa shape index (κ3) is 6.53. The maximum Gasteiger partial charge on any atom is 0.333 e. The number of hydrogen-bond acceptors (Lipinski definition) is 10. The first-order valence-electron chi connectivity index (χ1n) is 10.5. The molecule has 1 aliphatic carbocycles. The van der Waals surface area contributed by atoms with E-state index in [9.17, 15) is 18.3 Å². The summed E-state index contributed by atoms with van der Waals surface area (Å²) < 4.78 is 27.0. The van der Waals surface area contributed by atoms with Crippen LogP contribution >= 0.6 is 34.5 Å². The van der Waals surface area contributed by atoms with Crippen LogP contribution in [-0.4, -0.2) is 46.9 Å². The van der Waals surface area contributed by atoms with Crippen molar-refractivity contribution in [3.8, 4) is 0 Å². The van der Waals surface area contributed by atoms with E-state index >= 15 is 0 Å². The van der Waals surface area contributed by atoms with Gasteiger partial charge in [-0.2, -0.15) is 8.42 Å². The van der Waals surface area contributed by atoms with Crippen LogP contribution in [-0.2, 0) is 14.5 Å². The Kier molecular flexibility index (Phi) is 8.01. The molecule has 14 heteroatoms. The molecule has 0 bridgehead atoms. The van der Waals surface area contributed by atoms with Gasteiger partial charge in [-0.3, -0.25) is 8.98 Å². The maximum absolute atomic E-state index is 13.3. The number of aliphatic hydroxyl groups excluding tert-OH is 1. The number of thiophene rings is 1. The zero-order chi connectivity index (χ0) is 25.2. The average Bonchev–Trinajstić information content (AvgIpc) is 3.43. The van der Waals surface area contributed by atoms with Crippen LogP contribution in [0.4, 0.5) is 5.82 Å². The number of aliphatic hydroxyl groups is 1. The van der Waals surface area contributed by atoms with Crippen molar-refractivity contribution < 1.29 is 22.5 Å². The van der Waals surface area contributed by atoms with Crippen molar-refractivity contribution in [1.29, 1.82) is 0 Å². The fourth-order valence-corrected chi connectivity index (χ4v) is 5.73. The highest BCUT2D eigenvalue weighted by molar-refractivity contribution is 7.84. The van der Waals surface area contributed by atoms with E-state index in [0.717, 1.165) is 24.2 Å². The van der Waals surface area contributed by atoms with Gasteiger partial charge in [-0.1, -0.05) is 29.3 Å². The quantitative estimate of drug-likeness (QED) is 0.265. The number of hydrogen-bond donors (Lipinski definition) is 3. The van der Waals surface area contributed by atoms with Gasteiger partial charge in [0.1, 0.15) is 23.4 Å². The van der Waals surface area contributed by atoms with Crippen molar-refractivity contribution in [1.82, 2.24) is 15.0 Å². The monoisotopic (exact) mass is 557 g/mol. The molecule has 3 atom stereocenters. The second kappa shape index (κ2) is 10.8. The van der Waals surface area contributed by atoms with Gasteiger partial charge >= 0.3 is 10.3 Å². The molecule has 0 aromatic carbocycles. The maximum atomic E-state index is 13.3. The van der Waals surface area contributed by atoms with Crippen LogP contribution < -0.4 is 10.5 Å². The third-order valence-electron chi connectivity index (χ3n) is 5.56. The van der Waals surface area contributed by atoms with Crippen LogP contribution in [0.2, 0.25) is 9.49 Å². The molecule has 35 heavy (non-hydrogen) atoms. The first kappa shape index (κ1) is 25.9. The largest absolute Gasteiger partial charge is 0.382 e. The Morgan fingerprint density at radius 3 is 2.89 bits per heavy atom. The first-order chi connectivity index (χ1) is 16.6. The van der Waals surface area contributed by atoms with Crippen molar-refractivity contribution in [2.75, 3.05) is 11.9 Å². The number of nitrogens with one attached hydrogen (secondary N) is 1. The summed E-state index contributed by atoms with van der Waals surface area (Å²) in [6, 6.07) is 6.35. The van der Waals surface area contributed by atoms with Gasteiger partial charge in [0.2, 0.25) is 5.78 Å². The molecule has 3 heterocycles. The van der Waals surface area contributed by atoms with Crippen LogP contribution in [0.25, 0.3) is 0 Å². The molecular weight excluding hydrogens is 537 g/mol. The standard InChI is InChI=1S/C21H21Cl2N5O5S2/c22-17-3-1-2-15(28-17)18(29)13-7-16(34-20(13)23)19(30)14-8-25-10-26-21(14)27-12-5-4-11(6-12)9-33-35(24,31)32/h1-3,7-8,10-12,18,29H,4-6,9H2,(H2,24,31,32)(H,25,26,27)/t11-,12+,18?/m1/s1. The van der Waals surface area contributed by atoms with E-state index in [4.69, 9.17) is 32.5 Å². The van der Waals surface area contributed by atoms with E-state index < -0.39 is 16.4 Å². The SMILES string of the molecule is NS(=O)(=O)OC[C@@H]1CC[C@H](Nc2ncncc2C(=O)c2cc(C(O)c3cccc(Cl)n3)c(Cl)s2)C1. The summed E-state index contributed by atoms with van der Waals surface area (Å²) in [5, 5.41) is 19.1. The summed E-state index contributed by atoms with van der Waals surface area (Å²) in [6.45, 7) is 0.00680. The smallest absolute Gasteiger partial charge is 0.333 e. The first-order valence-corrected chi connectivity index (χ1v) is 13.5. The highest BCUT2D eigenvalue weighted by atomic mass is 35.5. The molecule has 1 saturated carbocycles. The Hall–Kier alpha value is -2.19. The van der Waals surface area contributed by atoms with E-state index in [1.807, 2.05) is 0 Å². The zero-order valence-electron chi connectivity index (χ0n) is 18.1. The van der Waals surface area contributed by atoms with Crippen molar-refractivity contribution in [2.45, 2.75) is 31.4 Å².